The second-order valence-electron chi connectivity index (χ2n) is 7.25. The molecule has 2 N–H and O–H groups in total. The van der Waals surface area contributed by atoms with Gasteiger partial charge in [-0.15, -0.1) is 0 Å². The van der Waals surface area contributed by atoms with Crippen molar-refractivity contribution in [3.63, 3.8) is 0 Å². The first-order chi connectivity index (χ1) is 11.5. The van der Waals surface area contributed by atoms with E-state index in [1.54, 1.807) is 0 Å². The van der Waals surface area contributed by atoms with E-state index in [1.807, 2.05) is 12.4 Å². The maximum absolute atomic E-state index is 5.41. The van der Waals surface area contributed by atoms with E-state index >= 15 is 0 Å². The maximum atomic E-state index is 5.41. The zero-order valence-corrected chi connectivity index (χ0v) is 14.8. The van der Waals surface area contributed by atoms with Crippen LogP contribution in [0.5, 0.6) is 0 Å². The number of hydrogen-bond donors (Lipinski definition) is 2. The van der Waals surface area contributed by atoms with E-state index in [9.17, 15) is 0 Å². The van der Waals surface area contributed by atoms with Crippen LogP contribution in [0.3, 0.4) is 0 Å². The molecule has 0 saturated carbocycles. The van der Waals surface area contributed by atoms with Crippen LogP contribution in [0.4, 0.5) is 5.82 Å². The average molecular weight is 329 g/mol. The normalized spacial score (nSPS) is 15.7. The van der Waals surface area contributed by atoms with Crippen molar-refractivity contribution < 1.29 is 4.74 Å². The Balaban J connectivity index is 1.58. The van der Waals surface area contributed by atoms with Crippen LogP contribution in [0.25, 0.3) is 0 Å². The third kappa shape index (κ3) is 4.13. The van der Waals surface area contributed by atoms with Gasteiger partial charge in [-0.05, 0) is 17.7 Å². The summed E-state index contributed by atoms with van der Waals surface area (Å²) >= 11 is 0. The van der Waals surface area contributed by atoms with Gasteiger partial charge in [0.2, 0.25) is 0 Å². The molecule has 6 nitrogen and oxygen atoms in total. The van der Waals surface area contributed by atoms with Crippen molar-refractivity contribution in [3.05, 3.63) is 41.3 Å². The summed E-state index contributed by atoms with van der Waals surface area (Å²) in [5.74, 6) is 1.04. The van der Waals surface area contributed by atoms with E-state index in [0.717, 1.165) is 45.2 Å². The molecule has 2 aromatic rings. The summed E-state index contributed by atoms with van der Waals surface area (Å²) in [6.07, 6.45) is 3.81. The first-order valence-electron chi connectivity index (χ1n) is 8.55. The fraction of sp³-hybridized carbons (Fsp3) is 0.556. The Kier molecular flexibility index (Phi) is 5.16. The number of rotatable bonds is 5. The smallest absolute Gasteiger partial charge is 0.128 e. The lowest BCUT2D eigenvalue weighted by atomic mass is 9.89. The molecule has 1 fully saturated rings. The van der Waals surface area contributed by atoms with Gasteiger partial charge in [0, 0.05) is 49.0 Å². The van der Waals surface area contributed by atoms with Crippen molar-refractivity contribution in [2.45, 2.75) is 39.3 Å². The van der Waals surface area contributed by atoms with Crippen molar-refractivity contribution in [2.75, 3.05) is 31.2 Å². The molecule has 0 aromatic carbocycles. The highest BCUT2D eigenvalue weighted by atomic mass is 16.5. The molecule has 0 bridgehead atoms. The number of pyridine rings is 1. The molecular weight excluding hydrogens is 302 g/mol. The largest absolute Gasteiger partial charge is 0.378 e. The topological polar surface area (TPSA) is 66.1 Å². The minimum absolute atomic E-state index is 0.0771. The van der Waals surface area contributed by atoms with E-state index in [1.165, 1.54) is 16.8 Å². The molecule has 1 aliphatic heterocycles. The van der Waals surface area contributed by atoms with Crippen molar-refractivity contribution in [3.8, 4) is 0 Å². The molecule has 24 heavy (non-hydrogen) atoms. The highest BCUT2D eigenvalue weighted by Crippen LogP contribution is 2.23. The quantitative estimate of drug-likeness (QED) is 0.880. The first kappa shape index (κ1) is 16.9. The summed E-state index contributed by atoms with van der Waals surface area (Å²) in [6, 6.07) is 4.23. The molecular formula is C18H27N5O. The Labute approximate surface area is 143 Å². The molecule has 0 radical (unpaired) electrons. The molecule has 6 heteroatoms. The minimum Gasteiger partial charge on any atom is -0.378 e. The summed E-state index contributed by atoms with van der Waals surface area (Å²) in [4.78, 5) is 6.77. The van der Waals surface area contributed by atoms with Crippen molar-refractivity contribution >= 4 is 5.82 Å². The fourth-order valence-electron chi connectivity index (χ4n) is 2.97. The lowest BCUT2D eigenvalue weighted by molar-refractivity contribution is 0.122. The molecule has 0 atom stereocenters. The van der Waals surface area contributed by atoms with Gasteiger partial charge in [-0.1, -0.05) is 20.8 Å². The third-order valence-corrected chi connectivity index (χ3v) is 4.26. The summed E-state index contributed by atoms with van der Waals surface area (Å²) in [5, 5.41) is 10.8. The Morgan fingerprint density at radius 2 is 2.04 bits per heavy atom. The second-order valence-corrected chi connectivity index (χ2v) is 7.25. The molecule has 3 rings (SSSR count). The summed E-state index contributed by atoms with van der Waals surface area (Å²) < 4.78 is 5.41. The Bertz CT molecular complexity index is 655. The number of nitrogens with one attached hydrogen (secondary N) is 2. The first-order valence-corrected chi connectivity index (χ1v) is 8.55. The standard InChI is InChI=1S/C18H27N5O/c1-18(2,3)17-15(13-21-22-17)12-19-11-14-4-5-20-16(10-14)23-6-8-24-9-7-23/h4-5,10,13,19H,6-9,11-12H2,1-3H3,(H,21,22). The second kappa shape index (κ2) is 7.32. The molecule has 0 spiro atoms. The van der Waals surface area contributed by atoms with Crippen LogP contribution in [0, 0.1) is 0 Å². The van der Waals surface area contributed by atoms with E-state index < -0.39 is 0 Å². The van der Waals surface area contributed by atoms with Crippen LogP contribution in [-0.4, -0.2) is 41.5 Å². The van der Waals surface area contributed by atoms with E-state index in [-0.39, 0.29) is 5.41 Å². The number of nitrogens with zero attached hydrogens (tertiary/aromatic N) is 3. The van der Waals surface area contributed by atoms with Crippen LogP contribution < -0.4 is 10.2 Å². The molecule has 130 valence electrons. The summed E-state index contributed by atoms with van der Waals surface area (Å²) in [7, 11) is 0. The number of ether oxygens (including phenoxy) is 1. The van der Waals surface area contributed by atoms with E-state index in [0.29, 0.717) is 0 Å². The van der Waals surface area contributed by atoms with Crippen molar-refractivity contribution in [1.29, 1.82) is 0 Å². The van der Waals surface area contributed by atoms with Crippen molar-refractivity contribution in [1.82, 2.24) is 20.5 Å². The predicted octanol–water partition coefficient (Wildman–Crippen LogP) is 2.23. The molecule has 1 aliphatic rings. The molecule has 1 saturated heterocycles. The zero-order valence-electron chi connectivity index (χ0n) is 14.8. The monoisotopic (exact) mass is 329 g/mol. The number of morpholine rings is 1. The van der Waals surface area contributed by atoms with Gasteiger partial charge in [0.25, 0.3) is 0 Å². The van der Waals surface area contributed by atoms with Gasteiger partial charge in [-0.25, -0.2) is 4.98 Å². The Morgan fingerprint density at radius 3 is 2.79 bits per heavy atom. The number of aromatic amines is 1. The van der Waals surface area contributed by atoms with Crippen molar-refractivity contribution in [2.24, 2.45) is 0 Å². The highest BCUT2D eigenvalue weighted by Gasteiger charge is 2.19. The molecule has 0 aliphatic carbocycles. The number of aromatic nitrogens is 3. The maximum Gasteiger partial charge on any atom is 0.128 e. The van der Waals surface area contributed by atoms with Gasteiger partial charge in [0.15, 0.2) is 0 Å². The Morgan fingerprint density at radius 1 is 1.25 bits per heavy atom. The minimum atomic E-state index is 0.0771. The average Bonchev–Trinajstić information content (AvgIpc) is 3.05. The molecule has 2 aromatic heterocycles. The molecule has 0 amide bonds. The zero-order chi connectivity index (χ0) is 17.0. The van der Waals surface area contributed by atoms with Crippen LogP contribution in [-0.2, 0) is 23.2 Å². The van der Waals surface area contributed by atoms with Gasteiger partial charge in [0.1, 0.15) is 5.82 Å². The van der Waals surface area contributed by atoms with Gasteiger partial charge in [0.05, 0.1) is 19.4 Å². The van der Waals surface area contributed by atoms with E-state index in [2.05, 4.69) is 58.3 Å². The Hall–Kier alpha value is -1.92. The van der Waals surface area contributed by atoms with Crippen LogP contribution in [0.1, 0.15) is 37.6 Å². The highest BCUT2D eigenvalue weighted by molar-refractivity contribution is 5.41. The lowest BCUT2D eigenvalue weighted by Gasteiger charge is -2.28. The van der Waals surface area contributed by atoms with Crippen LogP contribution in [0.2, 0.25) is 0 Å². The van der Waals surface area contributed by atoms with Gasteiger partial charge >= 0.3 is 0 Å². The molecule has 3 heterocycles. The lowest BCUT2D eigenvalue weighted by Crippen LogP contribution is -2.36. The number of hydrogen-bond acceptors (Lipinski definition) is 5. The van der Waals surface area contributed by atoms with Crippen LogP contribution in [0.15, 0.2) is 24.5 Å². The SMILES string of the molecule is CC(C)(C)c1[nH]ncc1CNCc1ccnc(N2CCOCC2)c1. The predicted molar refractivity (Wildman–Crippen MR) is 95.1 cm³/mol. The number of anilines is 1. The van der Waals surface area contributed by atoms with Gasteiger partial charge < -0.3 is 15.0 Å². The van der Waals surface area contributed by atoms with Gasteiger partial charge in [-0.3, -0.25) is 5.10 Å². The van der Waals surface area contributed by atoms with Crippen LogP contribution >= 0.6 is 0 Å². The summed E-state index contributed by atoms with van der Waals surface area (Å²) in [5.41, 5.74) is 3.74. The summed E-state index contributed by atoms with van der Waals surface area (Å²) in [6.45, 7) is 11.6. The number of H-pyrrole nitrogens is 1. The molecule has 0 unspecified atom stereocenters. The third-order valence-electron chi connectivity index (χ3n) is 4.26. The van der Waals surface area contributed by atoms with Gasteiger partial charge in [-0.2, -0.15) is 5.10 Å². The fourth-order valence-corrected chi connectivity index (χ4v) is 2.97. The van der Waals surface area contributed by atoms with E-state index in [4.69, 9.17) is 4.74 Å².